The average molecular weight is 318 g/mol. The Labute approximate surface area is 131 Å². The molecule has 6 nitrogen and oxygen atoms in total. The van der Waals surface area contributed by atoms with Gasteiger partial charge in [-0.25, -0.2) is 4.79 Å². The highest BCUT2D eigenvalue weighted by molar-refractivity contribution is 8.18. The smallest absolute Gasteiger partial charge is 0.335 e. The van der Waals surface area contributed by atoms with Crippen molar-refractivity contribution in [3.8, 4) is 0 Å². The summed E-state index contributed by atoms with van der Waals surface area (Å²) in [6.45, 7) is 1.81. The lowest BCUT2D eigenvalue weighted by Gasteiger charge is -2.20. The first-order valence-corrected chi connectivity index (χ1v) is 7.73. The topological polar surface area (TPSA) is 86.7 Å². The van der Waals surface area contributed by atoms with Crippen molar-refractivity contribution in [2.45, 2.75) is 12.8 Å². The molecule has 1 aromatic rings. The van der Waals surface area contributed by atoms with E-state index in [4.69, 9.17) is 5.11 Å². The van der Waals surface area contributed by atoms with Crippen LogP contribution in [-0.2, 0) is 4.79 Å². The molecular formula is C15H14N2O4S. The lowest BCUT2D eigenvalue weighted by molar-refractivity contribution is -0.115. The van der Waals surface area contributed by atoms with Crippen LogP contribution in [-0.4, -0.2) is 35.3 Å². The fourth-order valence-electron chi connectivity index (χ4n) is 2.61. The van der Waals surface area contributed by atoms with Crippen LogP contribution in [0, 0.1) is 0 Å². The van der Waals surface area contributed by atoms with Crippen molar-refractivity contribution in [3.05, 3.63) is 34.2 Å². The summed E-state index contributed by atoms with van der Waals surface area (Å²) in [6.07, 6.45) is 3.76. The summed E-state index contributed by atoms with van der Waals surface area (Å²) in [4.78, 5) is 36.6. The standard InChI is InChI=1S/C15H14N2O4S/c18-13-12(22-15(21)16-13)8-10-7-9(14(19)20)3-4-11(10)17-5-1-2-6-17/h3-4,7-8H,1-2,5-6H2,(H,19,20)(H,16,18,21)/b12-8-. The molecule has 2 amide bonds. The number of thioether (sulfide) groups is 1. The summed E-state index contributed by atoms with van der Waals surface area (Å²) in [5.41, 5.74) is 1.70. The minimum absolute atomic E-state index is 0.157. The quantitative estimate of drug-likeness (QED) is 0.832. The molecule has 0 aliphatic carbocycles. The molecule has 0 radical (unpaired) electrons. The minimum Gasteiger partial charge on any atom is -0.478 e. The van der Waals surface area contributed by atoms with E-state index in [1.807, 2.05) is 0 Å². The summed E-state index contributed by atoms with van der Waals surface area (Å²) in [5, 5.41) is 10.9. The largest absolute Gasteiger partial charge is 0.478 e. The van der Waals surface area contributed by atoms with E-state index in [1.165, 1.54) is 0 Å². The third-order valence-corrected chi connectivity index (χ3v) is 4.46. The molecule has 0 unspecified atom stereocenters. The normalized spacial score (nSPS) is 19.8. The van der Waals surface area contributed by atoms with Crippen molar-refractivity contribution in [1.29, 1.82) is 0 Å². The van der Waals surface area contributed by atoms with Crippen LogP contribution in [0.2, 0.25) is 0 Å². The van der Waals surface area contributed by atoms with Gasteiger partial charge in [-0.3, -0.25) is 14.9 Å². The number of carboxylic acid groups (broad SMARTS) is 1. The van der Waals surface area contributed by atoms with Crippen LogP contribution in [0.1, 0.15) is 28.8 Å². The van der Waals surface area contributed by atoms with Gasteiger partial charge in [0.15, 0.2) is 0 Å². The van der Waals surface area contributed by atoms with Gasteiger partial charge in [-0.05, 0) is 54.4 Å². The molecule has 0 bridgehead atoms. The molecular weight excluding hydrogens is 304 g/mol. The first-order chi connectivity index (χ1) is 10.5. The summed E-state index contributed by atoms with van der Waals surface area (Å²) in [5.74, 6) is -1.46. The Kier molecular flexibility index (Phi) is 3.89. The number of carbonyl (C=O) groups is 3. The molecule has 2 N–H and O–H groups in total. The predicted octanol–water partition coefficient (Wildman–Crippen LogP) is 2.31. The summed E-state index contributed by atoms with van der Waals surface area (Å²) in [7, 11) is 0. The van der Waals surface area contributed by atoms with Crippen LogP contribution in [0.3, 0.4) is 0 Å². The van der Waals surface area contributed by atoms with Gasteiger partial charge in [0.05, 0.1) is 10.5 Å². The number of imide groups is 1. The Morgan fingerprint density at radius 2 is 2.00 bits per heavy atom. The Hall–Kier alpha value is -2.28. The Morgan fingerprint density at radius 1 is 1.27 bits per heavy atom. The number of nitrogens with zero attached hydrogens (tertiary/aromatic N) is 1. The third-order valence-electron chi connectivity index (χ3n) is 3.65. The maximum atomic E-state index is 11.7. The lowest BCUT2D eigenvalue weighted by atomic mass is 10.1. The highest BCUT2D eigenvalue weighted by Crippen LogP contribution is 2.31. The van der Waals surface area contributed by atoms with E-state index < -0.39 is 17.1 Å². The number of hydrogen-bond donors (Lipinski definition) is 2. The molecule has 2 aliphatic rings. The summed E-state index contributed by atoms with van der Waals surface area (Å²) >= 11 is 0.830. The molecule has 114 valence electrons. The van der Waals surface area contributed by atoms with Crippen LogP contribution in [0.4, 0.5) is 10.5 Å². The maximum absolute atomic E-state index is 11.7. The SMILES string of the molecule is O=C1NC(=O)/C(=C/c2cc(C(=O)O)ccc2N2CCCC2)S1. The van der Waals surface area contributed by atoms with Gasteiger partial charge in [0.1, 0.15) is 0 Å². The maximum Gasteiger partial charge on any atom is 0.335 e. The number of aromatic carboxylic acids is 1. The van der Waals surface area contributed by atoms with Crippen molar-refractivity contribution in [1.82, 2.24) is 5.32 Å². The molecule has 2 fully saturated rings. The first-order valence-electron chi connectivity index (χ1n) is 6.92. The van der Waals surface area contributed by atoms with Crippen molar-refractivity contribution in [3.63, 3.8) is 0 Å². The van der Waals surface area contributed by atoms with Gasteiger partial charge in [0, 0.05) is 18.8 Å². The van der Waals surface area contributed by atoms with E-state index in [0.29, 0.717) is 5.56 Å². The zero-order valence-electron chi connectivity index (χ0n) is 11.7. The van der Waals surface area contributed by atoms with Gasteiger partial charge in [0.25, 0.3) is 11.1 Å². The molecule has 0 spiro atoms. The van der Waals surface area contributed by atoms with Crippen LogP contribution in [0.15, 0.2) is 23.1 Å². The molecule has 7 heteroatoms. The van der Waals surface area contributed by atoms with Gasteiger partial charge >= 0.3 is 5.97 Å². The Balaban J connectivity index is 2.04. The number of amides is 2. The number of benzene rings is 1. The Bertz CT molecular complexity index is 693. The lowest BCUT2D eigenvalue weighted by Crippen LogP contribution is -2.19. The molecule has 0 saturated carbocycles. The molecule has 1 aromatic carbocycles. The summed E-state index contributed by atoms with van der Waals surface area (Å²) < 4.78 is 0. The van der Waals surface area contributed by atoms with E-state index >= 15 is 0 Å². The van der Waals surface area contributed by atoms with Gasteiger partial charge in [-0.2, -0.15) is 0 Å². The number of rotatable bonds is 3. The van der Waals surface area contributed by atoms with Gasteiger partial charge < -0.3 is 10.0 Å². The second-order valence-corrected chi connectivity index (χ2v) is 6.14. The van der Waals surface area contributed by atoms with Gasteiger partial charge in [0.2, 0.25) is 0 Å². The fourth-order valence-corrected chi connectivity index (χ4v) is 3.28. The van der Waals surface area contributed by atoms with Gasteiger partial charge in [-0.15, -0.1) is 0 Å². The minimum atomic E-state index is -1.02. The number of nitrogens with one attached hydrogen (secondary N) is 1. The summed E-state index contributed by atoms with van der Waals surface area (Å²) in [6, 6.07) is 4.87. The van der Waals surface area contributed by atoms with E-state index in [2.05, 4.69) is 10.2 Å². The second-order valence-electron chi connectivity index (χ2n) is 5.13. The molecule has 2 saturated heterocycles. The highest BCUT2D eigenvalue weighted by Gasteiger charge is 2.26. The monoisotopic (exact) mass is 318 g/mol. The first kappa shape index (κ1) is 14.6. The number of carboxylic acids is 1. The van der Waals surface area contributed by atoms with E-state index in [1.54, 1.807) is 24.3 Å². The van der Waals surface area contributed by atoms with E-state index in [0.717, 1.165) is 43.4 Å². The molecule has 0 atom stereocenters. The van der Waals surface area contributed by atoms with Crippen molar-refractivity contribution < 1.29 is 19.5 Å². The van der Waals surface area contributed by atoms with Crippen LogP contribution >= 0.6 is 11.8 Å². The predicted molar refractivity (Wildman–Crippen MR) is 84.0 cm³/mol. The van der Waals surface area contributed by atoms with E-state index in [9.17, 15) is 14.4 Å². The number of carbonyl (C=O) groups excluding carboxylic acids is 2. The average Bonchev–Trinajstić information content (AvgIpc) is 3.09. The van der Waals surface area contributed by atoms with Crippen molar-refractivity contribution >= 4 is 40.6 Å². The van der Waals surface area contributed by atoms with Crippen molar-refractivity contribution in [2.75, 3.05) is 18.0 Å². The zero-order chi connectivity index (χ0) is 15.7. The number of anilines is 1. The molecule has 2 heterocycles. The molecule has 3 rings (SSSR count). The fraction of sp³-hybridized carbons (Fsp3) is 0.267. The van der Waals surface area contributed by atoms with Gasteiger partial charge in [-0.1, -0.05) is 0 Å². The Morgan fingerprint density at radius 3 is 2.59 bits per heavy atom. The second kappa shape index (κ2) is 5.84. The van der Waals surface area contributed by atoms with Crippen LogP contribution < -0.4 is 10.2 Å². The van der Waals surface area contributed by atoms with Crippen LogP contribution in [0.25, 0.3) is 6.08 Å². The highest BCUT2D eigenvalue weighted by atomic mass is 32.2. The molecule has 2 aliphatic heterocycles. The van der Waals surface area contributed by atoms with Crippen LogP contribution in [0.5, 0.6) is 0 Å². The van der Waals surface area contributed by atoms with Crippen molar-refractivity contribution in [2.24, 2.45) is 0 Å². The zero-order valence-corrected chi connectivity index (χ0v) is 12.5. The molecule has 0 aromatic heterocycles. The number of hydrogen-bond acceptors (Lipinski definition) is 5. The van der Waals surface area contributed by atoms with E-state index in [-0.39, 0.29) is 10.5 Å². The molecule has 22 heavy (non-hydrogen) atoms. The third kappa shape index (κ3) is 2.85.